The number of nitrogens with zero attached hydrogens (tertiary/aromatic N) is 2. The van der Waals surface area contributed by atoms with Gasteiger partial charge in [0.25, 0.3) is 5.91 Å². The van der Waals surface area contributed by atoms with E-state index in [9.17, 15) is 14.0 Å². The molecule has 0 aliphatic carbocycles. The molecule has 0 radical (unpaired) electrons. The molecule has 0 heterocycles. The number of thioether (sulfide) groups is 1. The van der Waals surface area contributed by atoms with Gasteiger partial charge in [0.15, 0.2) is 18.2 Å². The molecule has 26 heavy (non-hydrogen) atoms. The van der Waals surface area contributed by atoms with E-state index in [1.54, 1.807) is 20.4 Å². The Balaban J connectivity index is 3.27. The van der Waals surface area contributed by atoms with Gasteiger partial charge in [-0.3, -0.25) is 10.2 Å². The number of aliphatic imine (C=N–C) groups is 1. The number of methoxy groups -OCH3 is 1. The van der Waals surface area contributed by atoms with Crippen molar-refractivity contribution >= 4 is 34.5 Å². The first-order valence-electron chi connectivity index (χ1n) is 7.70. The van der Waals surface area contributed by atoms with Crippen molar-refractivity contribution < 1.29 is 23.5 Å². The fraction of sp³-hybridized carbons (Fsp3) is 0.412. The minimum absolute atomic E-state index is 0.0133. The molecule has 9 heteroatoms. The maximum atomic E-state index is 14.8. The van der Waals surface area contributed by atoms with E-state index in [-0.39, 0.29) is 34.6 Å². The molecule has 0 fully saturated rings. The van der Waals surface area contributed by atoms with Gasteiger partial charge in [-0.1, -0.05) is 6.92 Å². The number of carbonyl (C=O) groups excluding carboxylic acids is 2. The molecule has 0 saturated heterocycles. The Morgan fingerprint density at radius 2 is 2.00 bits per heavy atom. The van der Waals surface area contributed by atoms with E-state index < -0.39 is 11.9 Å². The Bertz CT molecular complexity index is 735. The molecule has 1 N–H and O–H groups in total. The van der Waals surface area contributed by atoms with Crippen LogP contribution in [0.15, 0.2) is 17.1 Å². The number of aryl methyl sites for hydroxylation is 1. The van der Waals surface area contributed by atoms with E-state index >= 15 is 0 Å². The van der Waals surface area contributed by atoms with Crippen molar-refractivity contribution in [2.24, 2.45) is 4.99 Å². The number of hydrogen-bond acceptors (Lipinski definition) is 6. The zero-order valence-electron chi connectivity index (χ0n) is 15.4. The minimum atomic E-state index is -0.876. The number of likely N-dealkylation sites (N-methyl/N-ethyl adjacent to an activating group) is 1. The first-order chi connectivity index (χ1) is 12.2. The van der Waals surface area contributed by atoms with Crippen molar-refractivity contribution in [1.82, 2.24) is 4.90 Å². The number of ether oxygens (including phenoxy) is 2. The van der Waals surface area contributed by atoms with E-state index in [1.165, 1.54) is 24.1 Å². The van der Waals surface area contributed by atoms with Crippen LogP contribution < -0.4 is 4.74 Å². The Morgan fingerprint density at radius 3 is 2.50 bits per heavy atom. The van der Waals surface area contributed by atoms with Crippen LogP contribution in [-0.4, -0.2) is 61.7 Å². The van der Waals surface area contributed by atoms with Gasteiger partial charge < -0.3 is 14.4 Å². The molecule has 1 aromatic rings. The van der Waals surface area contributed by atoms with Crippen LogP contribution in [0.1, 0.15) is 18.1 Å². The molecule has 0 aliphatic heterocycles. The lowest BCUT2D eigenvalue weighted by atomic mass is 10.0. The average Bonchev–Trinajstić information content (AvgIpc) is 2.63. The van der Waals surface area contributed by atoms with Crippen molar-refractivity contribution in [3.05, 3.63) is 29.1 Å². The monoisotopic (exact) mass is 383 g/mol. The number of rotatable bonds is 6. The number of benzene rings is 1. The van der Waals surface area contributed by atoms with Gasteiger partial charge in [0.05, 0.1) is 12.8 Å². The number of amides is 2. The Hall–Kier alpha value is -2.42. The molecule has 7 nitrogen and oxygen atoms in total. The molecule has 0 spiro atoms. The van der Waals surface area contributed by atoms with Gasteiger partial charge in [-0.25, -0.2) is 9.18 Å². The van der Waals surface area contributed by atoms with Crippen LogP contribution >= 0.6 is 11.8 Å². The van der Waals surface area contributed by atoms with Crippen LogP contribution in [0, 0.1) is 11.2 Å². The van der Waals surface area contributed by atoms with Gasteiger partial charge in [0, 0.05) is 19.7 Å². The molecule has 0 atom stereocenters. The van der Waals surface area contributed by atoms with Crippen molar-refractivity contribution in [3.8, 4) is 5.75 Å². The largest absolute Gasteiger partial charge is 0.481 e. The quantitative estimate of drug-likeness (QED) is 0.602. The molecule has 0 saturated carbocycles. The van der Waals surface area contributed by atoms with Crippen LogP contribution in [0.2, 0.25) is 0 Å². The minimum Gasteiger partial charge on any atom is -0.481 e. The molecular formula is C17H22FN3O4S. The van der Waals surface area contributed by atoms with Gasteiger partial charge in [0.1, 0.15) is 5.04 Å². The second-order valence-corrected chi connectivity index (χ2v) is 6.15. The third kappa shape index (κ3) is 5.55. The molecule has 0 unspecified atom stereocenters. The molecular weight excluding hydrogens is 361 g/mol. The highest BCUT2D eigenvalue weighted by Gasteiger charge is 2.20. The van der Waals surface area contributed by atoms with Crippen molar-refractivity contribution in [3.63, 3.8) is 0 Å². The zero-order chi connectivity index (χ0) is 19.9. The van der Waals surface area contributed by atoms with Crippen LogP contribution in [0.3, 0.4) is 0 Å². The lowest BCUT2D eigenvalue weighted by molar-refractivity contribution is -0.130. The van der Waals surface area contributed by atoms with E-state index in [1.807, 2.05) is 6.92 Å². The summed E-state index contributed by atoms with van der Waals surface area (Å²) >= 11 is 1.02. The molecule has 0 bridgehead atoms. The van der Waals surface area contributed by atoms with Crippen molar-refractivity contribution in [2.45, 2.75) is 13.3 Å². The standard InChI is InChI=1S/C17H22FN3O4S/c1-6-10-7-11(15(19)16(26-5)20-17(23)24-4)14(18)12(8-10)25-9-13(22)21(2)3/h7-8,19H,6,9H2,1-5H3. The van der Waals surface area contributed by atoms with Gasteiger partial charge in [-0.15, -0.1) is 11.8 Å². The summed E-state index contributed by atoms with van der Waals surface area (Å²) in [5.41, 5.74) is 0.394. The summed E-state index contributed by atoms with van der Waals surface area (Å²) in [6.45, 7) is 1.54. The van der Waals surface area contributed by atoms with Gasteiger partial charge in [-0.05, 0) is 30.4 Å². The summed E-state index contributed by atoms with van der Waals surface area (Å²) in [5.74, 6) is -1.23. The van der Waals surface area contributed by atoms with Crippen molar-refractivity contribution in [2.75, 3.05) is 34.1 Å². The van der Waals surface area contributed by atoms with E-state index in [2.05, 4.69) is 9.73 Å². The zero-order valence-corrected chi connectivity index (χ0v) is 16.2. The number of carbonyl (C=O) groups is 2. The smallest absolute Gasteiger partial charge is 0.434 e. The lowest BCUT2D eigenvalue weighted by Crippen LogP contribution is -2.28. The summed E-state index contributed by atoms with van der Waals surface area (Å²) in [6, 6.07) is 2.99. The summed E-state index contributed by atoms with van der Waals surface area (Å²) in [7, 11) is 4.30. The first kappa shape index (κ1) is 21.6. The van der Waals surface area contributed by atoms with Crippen LogP contribution in [0.4, 0.5) is 9.18 Å². The fourth-order valence-electron chi connectivity index (χ4n) is 1.86. The number of halogens is 1. The third-order valence-electron chi connectivity index (χ3n) is 3.40. The second-order valence-electron chi connectivity index (χ2n) is 5.35. The van der Waals surface area contributed by atoms with E-state index in [0.29, 0.717) is 6.42 Å². The topological polar surface area (TPSA) is 92.0 Å². The molecule has 1 aromatic carbocycles. The van der Waals surface area contributed by atoms with E-state index in [0.717, 1.165) is 17.3 Å². The summed E-state index contributed by atoms with van der Waals surface area (Å²) in [6.07, 6.45) is 1.31. The van der Waals surface area contributed by atoms with Crippen LogP contribution in [-0.2, 0) is 16.0 Å². The maximum Gasteiger partial charge on any atom is 0.434 e. The molecule has 142 valence electrons. The average molecular weight is 383 g/mol. The van der Waals surface area contributed by atoms with E-state index in [4.69, 9.17) is 10.1 Å². The van der Waals surface area contributed by atoms with Crippen LogP contribution in [0.25, 0.3) is 0 Å². The van der Waals surface area contributed by atoms with Crippen molar-refractivity contribution in [1.29, 1.82) is 5.41 Å². The first-order valence-corrected chi connectivity index (χ1v) is 8.92. The highest BCUT2D eigenvalue weighted by molar-refractivity contribution is 8.15. The normalized spacial score (nSPS) is 11.1. The lowest BCUT2D eigenvalue weighted by Gasteiger charge is -2.15. The highest BCUT2D eigenvalue weighted by atomic mass is 32.2. The maximum absolute atomic E-state index is 14.8. The predicted molar refractivity (Wildman–Crippen MR) is 100 cm³/mol. The third-order valence-corrected chi connectivity index (χ3v) is 4.08. The molecule has 0 aromatic heterocycles. The summed E-state index contributed by atoms with van der Waals surface area (Å²) in [5, 5.41) is 8.23. The summed E-state index contributed by atoms with van der Waals surface area (Å²) < 4.78 is 24.6. The SMILES string of the molecule is CCc1cc(OCC(=O)N(C)C)c(F)c(C(=N)C(=NC(=O)OC)SC)c1. The Labute approximate surface area is 156 Å². The van der Waals surface area contributed by atoms with Gasteiger partial charge in [-0.2, -0.15) is 4.99 Å². The molecule has 2 amide bonds. The second kappa shape index (κ2) is 9.91. The van der Waals surface area contributed by atoms with Gasteiger partial charge >= 0.3 is 6.09 Å². The Kier molecular flexibility index (Phi) is 8.24. The molecule has 0 aliphatic rings. The fourth-order valence-corrected chi connectivity index (χ4v) is 2.34. The summed E-state index contributed by atoms with van der Waals surface area (Å²) in [4.78, 5) is 28.0. The number of nitrogens with one attached hydrogen (secondary N) is 1. The number of hydrogen-bond donors (Lipinski definition) is 1. The highest BCUT2D eigenvalue weighted by Crippen LogP contribution is 2.25. The van der Waals surface area contributed by atoms with Crippen LogP contribution in [0.5, 0.6) is 5.75 Å². The Morgan fingerprint density at radius 1 is 1.35 bits per heavy atom. The predicted octanol–water partition coefficient (Wildman–Crippen LogP) is 2.75. The van der Waals surface area contributed by atoms with Gasteiger partial charge in [0.2, 0.25) is 0 Å². The molecule has 1 rings (SSSR count).